The van der Waals surface area contributed by atoms with Crippen LogP contribution in [0.15, 0.2) is 53.0 Å². The van der Waals surface area contributed by atoms with E-state index in [1.165, 1.54) is 0 Å². The Hall–Kier alpha value is -2.71. The number of methoxy groups -OCH3 is 1. The maximum absolute atomic E-state index is 12.9. The number of nitrogens with zero attached hydrogens (tertiary/aromatic N) is 1. The van der Waals surface area contributed by atoms with Gasteiger partial charge in [0.15, 0.2) is 0 Å². The molecule has 3 rings (SSSR count). The molecule has 0 radical (unpaired) electrons. The van der Waals surface area contributed by atoms with Crippen LogP contribution in [0, 0.1) is 0 Å². The summed E-state index contributed by atoms with van der Waals surface area (Å²) in [6, 6.07) is 13.3. The summed E-state index contributed by atoms with van der Waals surface area (Å²) in [5.41, 5.74) is 1.61. The fourth-order valence-corrected chi connectivity index (χ4v) is 3.61. The van der Waals surface area contributed by atoms with E-state index in [2.05, 4.69) is 26.6 Å². The van der Waals surface area contributed by atoms with Gasteiger partial charge in [0.1, 0.15) is 6.04 Å². The monoisotopic (exact) mass is 473 g/mol. The van der Waals surface area contributed by atoms with E-state index in [1.54, 1.807) is 60.5 Å². The number of benzene rings is 2. The second kappa shape index (κ2) is 10.4. The molecule has 0 saturated carbocycles. The number of halogens is 1. The number of hydrogen-bond acceptors (Lipinski definition) is 4. The van der Waals surface area contributed by atoms with Crippen molar-refractivity contribution in [2.45, 2.75) is 18.9 Å². The van der Waals surface area contributed by atoms with Crippen LogP contribution in [0.2, 0.25) is 0 Å². The summed E-state index contributed by atoms with van der Waals surface area (Å²) in [4.78, 5) is 39.2. The third-order valence-corrected chi connectivity index (χ3v) is 5.45. The summed E-state index contributed by atoms with van der Waals surface area (Å²) in [6.45, 7) is 1.39. The van der Waals surface area contributed by atoms with E-state index in [-0.39, 0.29) is 17.7 Å². The summed E-state index contributed by atoms with van der Waals surface area (Å²) in [5, 5.41) is 5.62. The fourth-order valence-electron chi connectivity index (χ4n) is 3.34. The van der Waals surface area contributed by atoms with Gasteiger partial charge in [-0.1, -0.05) is 15.9 Å². The van der Waals surface area contributed by atoms with E-state index in [1.807, 2.05) is 0 Å². The van der Waals surface area contributed by atoms with E-state index in [0.29, 0.717) is 42.9 Å². The van der Waals surface area contributed by atoms with Crippen molar-refractivity contribution in [3.63, 3.8) is 0 Å². The third-order valence-electron chi connectivity index (χ3n) is 4.92. The van der Waals surface area contributed by atoms with Crippen molar-refractivity contribution in [2.75, 3.05) is 32.1 Å². The highest BCUT2D eigenvalue weighted by Gasteiger charge is 2.34. The molecular formula is C22H24BrN3O4. The number of ether oxygens (including phenoxy) is 1. The zero-order chi connectivity index (χ0) is 21.5. The number of carbonyl (C=O) groups excluding carboxylic acids is 3. The van der Waals surface area contributed by atoms with Crippen molar-refractivity contribution < 1.29 is 19.1 Å². The van der Waals surface area contributed by atoms with Crippen LogP contribution in [0.25, 0.3) is 0 Å². The van der Waals surface area contributed by atoms with Gasteiger partial charge in [-0.15, -0.1) is 0 Å². The highest BCUT2D eigenvalue weighted by atomic mass is 79.9. The number of likely N-dealkylation sites (tertiary alicyclic amines) is 1. The maximum atomic E-state index is 12.9. The summed E-state index contributed by atoms with van der Waals surface area (Å²) in [5.74, 6) is -0.574. The molecule has 0 spiro atoms. The van der Waals surface area contributed by atoms with Gasteiger partial charge in [-0.25, -0.2) is 0 Å². The van der Waals surface area contributed by atoms with Gasteiger partial charge >= 0.3 is 0 Å². The normalized spacial score (nSPS) is 15.7. The van der Waals surface area contributed by atoms with E-state index >= 15 is 0 Å². The first kappa shape index (κ1) is 22.0. The van der Waals surface area contributed by atoms with E-state index in [9.17, 15) is 14.4 Å². The zero-order valence-corrected chi connectivity index (χ0v) is 18.3. The lowest BCUT2D eigenvalue weighted by atomic mass is 10.1. The van der Waals surface area contributed by atoms with Gasteiger partial charge in [-0.2, -0.15) is 0 Å². The molecule has 30 heavy (non-hydrogen) atoms. The van der Waals surface area contributed by atoms with E-state index in [4.69, 9.17) is 4.74 Å². The van der Waals surface area contributed by atoms with Gasteiger partial charge in [-0.3, -0.25) is 14.4 Å². The molecule has 1 aliphatic rings. The Morgan fingerprint density at radius 3 is 2.40 bits per heavy atom. The summed E-state index contributed by atoms with van der Waals surface area (Å²) in [7, 11) is 1.57. The Bertz CT molecular complexity index is 900. The number of carbonyl (C=O) groups is 3. The summed E-state index contributed by atoms with van der Waals surface area (Å²) in [6.07, 6.45) is 1.43. The zero-order valence-electron chi connectivity index (χ0n) is 16.7. The van der Waals surface area contributed by atoms with Crippen molar-refractivity contribution in [1.29, 1.82) is 0 Å². The van der Waals surface area contributed by atoms with E-state index < -0.39 is 6.04 Å². The van der Waals surface area contributed by atoms with Crippen LogP contribution in [0.4, 0.5) is 5.69 Å². The Labute approximate surface area is 183 Å². The fraction of sp³-hybridized carbons (Fsp3) is 0.318. The first-order valence-electron chi connectivity index (χ1n) is 9.74. The SMILES string of the molecule is COCCNC(=O)C1CCCN1C(=O)c1ccc(NC(=O)c2ccc(Br)cc2)cc1. The van der Waals surface area contributed by atoms with Gasteiger partial charge in [0, 0.05) is 41.5 Å². The van der Waals surface area contributed by atoms with Gasteiger partial charge in [0.25, 0.3) is 11.8 Å². The lowest BCUT2D eigenvalue weighted by Crippen LogP contribution is -2.46. The Morgan fingerprint density at radius 2 is 1.73 bits per heavy atom. The molecule has 7 nitrogen and oxygen atoms in total. The van der Waals surface area contributed by atoms with Crippen LogP contribution >= 0.6 is 15.9 Å². The lowest BCUT2D eigenvalue weighted by Gasteiger charge is -2.24. The Morgan fingerprint density at radius 1 is 1.07 bits per heavy atom. The molecule has 0 aliphatic carbocycles. The second-order valence-corrected chi connectivity index (χ2v) is 7.89. The molecule has 158 valence electrons. The molecule has 1 unspecified atom stereocenters. The average molecular weight is 474 g/mol. The van der Waals surface area contributed by atoms with Crippen LogP contribution in [0.1, 0.15) is 33.6 Å². The molecule has 1 fully saturated rings. The van der Waals surface area contributed by atoms with Crippen molar-refractivity contribution >= 4 is 39.3 Å². The molecule has 2 aromatic rings. The molecule has 1 aliphatic heterocycles. The van der Waals surface area contributed by atoms with Crippen LogP contribution in [0.5, 0.6) is 0 Å². The van der Waals surface area contributed by atoms with Crippen molar-refractivity contribution in [2.24, 2.45) is 0 Å². The number of nitrogens with one attached hydrogen (secondary N) is 2. The summed E-state index contributed by atoms with van der Waals surface area (Å²) >= 11 is 3.34. The molecule has 2 N–H and O–H groups in total. The van der Waals surface area contributed by atoms with E-state index in [0.717, 1.165) is 10.9 Å². The van der Waals surface area contributed by atoms with Gasteiger partial charge < -0.3 is 20.3 Å². The minimum Gasteiger partial charge on any atom is -0.383 e. The van der Waals surface area contributed by atoms with Gasteiger partial charge in [0.2, 0.25) is 5.91 Å². The van der Waals surface area contributed by atoms with Crippen LogP contribution in [0.3, 0.4) is 0 Å². The highest BCUT2D eigenvalue weighted by Crippen LogP contribution is 2.21. The molecule has 1 atom stereocenters. The molecule has 3 amide bonds. The predicted molar refractivity (Wildman–Crippen MR) is 117 cm³/mol. The number of rotatable bonds is 7. The van der Waals surface area contributed by atoms with Crippen molar-refractivity contribution in [1.82, 2.24) is 10.2 Å². The minimum absolute atomic E-state index is 0.156. The first-order valence-corrected chi connectivity index (χ1v) is 10.5. The largest absolute Gasteiger partial charge is 0.383 e. The lowest BCUT2D eigenvalue weighted by molar-refractivity contribution is -0.125. The maximum Gasteiger partial charge on any atom is 0.255 e. The molecule has 2 aromatic carbocycles. The van der Waals surface area contributed by atoms with Crippen molar-refractivity contribution in [3.05, 3.63) is 64.1 Å². The highest BCUT2D eigenvalue weighted by molar-refractivity contribution is 9.10. The molecular weight excluding hydrogens is 450 g/mol. The minimum atomic E-state index is -0.467. The Kier molecular flexibility index (Phi) is 7.59. The third kappa shape index (κ3) is 5.46. The number of anilines is 1. The first-order chi connectivity index (χ1) is 14.5. The standard InChI is InChI=1S/C22H24BrN3O4/c1-30-14-12-24-21(28)19-3-2-13-26(19)22(29)16-6-10-18(11-7-16)25-20(27)15-4-8-17(23)9-5-15/h4-11,19H,2-3,12-14H2,1H3,(H,24,28)(H,25,27). The van der Waals surface area contributed by atoms with Crippen LogP contribution in [-0.2, 0) is 9.53 Å². The van der Waals surface area contributed by atoms with Gasteiger partial charge in [0.05, 0.1) is 6.61 Å². The molecule has 1 heterocycles. The van der Waals surface area contributed by atoms with Gasteiger partial charge in [-0.05, 0) is 61.4 Å². The molecule has 0 bridgehead atoms. The Balaban J connectivity index is 1.62. The predicted octanol–water partition coefficient (Wildman–Crippen LogP) is 3.07. The molecule has 1 saturated heterocycles. The second-order valence-electron chi connectivity index (χ2n) is 6.98. The smallest absolute Gasteiger partial charge is 0.255 e. The average Bonchev–Trinajstić information content (AvgIpc) is 3.24. The number of amides is 3. The molecule has 0 aromatic heterocycles. The summed E-state index contributed by atoms with van der Waals surface area (Å²) < 4.78 is 5.84. The quantitative estimate of drug-likeness (QED) is 0.604. The van der Waals surface area contributed by atoms with Crippen LogP contribution in [-0.4, -0.2) is 55.5 Å². The van der Waals surface area contributed by atoms with Crippen molar-refractivity contribution in [3.8, 4) is 0 Å². The topological polar surface area (TPSA) is 87.7 Å². The molecule has 8 heteroatoms. The van der Waals surface area contributed by atoms with Crippen LogP contribution < -0.4 is 10.6 Å². The number of hydrogen-bond donors (Lipinski definition) is 2.